The van der Waals surface area contributed by atoms with Crippen molar-refractivity contribution in [3.63, 3.8) is 0 Å². The van der Waals surface area contributed by atoms with Gasteiger partial charge < -0.3 is 10.8 Å². The average Bonchev–Trinajstić information content (AvgIpc) is 2.16. The molecule has 0 heterocycles. The highest BCUT2D eigenvalue weighted by molar-refractivity contribution is 4.77. The van der Waals surface area contributed by atoms with Gasteiger partial charge in [-0.15, -0.1) is 0 Å². The van der Waals surface area contributed by atoms with Gasteiger partial charge in [0.25, 0.3) is 0 Å². The smallest absolute Gasteiger partial charge is 0.379 e. The Morgan fingerprint density at radius 1 is 1.20 bits per heavy atom. The maximum absolute atomic E-state index is 12.2. The van der Waals surface area contributed by atoms with Crippen LogP contribution in [0.15, 0.2) is 0 Å². The van der Waals surface area contributed by atoms with Gasteiger partial charge in [-0.05, 0) is 5.92 Å². The van der Waals surface area contributed by atoms with E-state index >= 15 is 0 Å². The lowest BCUT2D eigenvalue weighted by Gasteiger charge is -2.25. The molecule has 0 amide bonds. The van der Waals surface area contributed by atoms with Crippen LogP contribution in [0, 0.1) is 5.92 Å². The predicted molar refractivity (Wildman–Crippen MR) is 49.9 cm³/mol. The minimum absolute atomic E-state index is 0.318. The summed E-state index contributed by atoms with van der Waals surface area (Å²) in [5, 5.41) is 9.00. The number of quaternary nitrogens is 1. The SMILES string of the molecule is [NH3+][C@@H](CC1CCCCC1)[C@H](O)C(F)(F)F. The molecular formula is C10H19F3NO+. The molecule has 0 aromatic carbocycles. The highest BCUT2D eigenvalue weighted by Crippen LogP contribution is 2.29. The van der Waals surface area contributed by atoms with Gasteiger partial charge in [0.2, 0.25) is 6.10 Å². The molecule has 0 aromatic rings. The summed E-state index contributed by atoms with van der Waals surface area (Å²) in [5.74, 6) is 0.318. The zero-order chi connectivity index (χ0) is 11.5. The van der Waals surface area contributed by atoms with Crippen LogP contribution in [-0.2, 0) is 0 Å². The first-order valence-corrected chi connectivity index (χ1v) is 5.49. The lowest BCUT2D eigenvalue weighted by atomic mass is 9.84. The highest BCUT2D eigenvalue weighted by Gasteiger charge is 2.44. The summed E-state index contributed by atoms with van der Waals surface area (Å²) < 4.78 is 36.5. The van der Waals surface area contributed by atoms with Crippen LogP contribution in [0.1, 0.15) is 38.5 Å². The Morgan fingerprint density at radius 3 is 2.20 bits per heavy atom. The van der Waals surface area contributed by atoms with Crippen LogP contribution < -0.4 is 5.73 Å². The van der Waals surface area contributed by atoms with Crippen LogP contribution >= 0.6 is 0 Å². The van der Waals surface area contributed by atoms with Gasteiger partial charge in [0.05, 0.1) is 0 Å². The quantitative estimate of drug-likeness (QED) is 0.752. The molecule has 0 bridgehead atoms. The number of halogens is 3. The summed E-state index contributed by atoms with van der Waals surface area (Å²) in [5.41, 5.74) is 3.43. The Labute approximate surface area is 87.6 Å². The number of aliphatic hydroxyl groups excluding tert-OH is 1. The average molecular weight is 226 g/mol. The molecule has 0 aromatic heterocycles. The maximum Gasteiger partial charge on any atom is 0.420 e. The second-order valence-electron chi connectivity index (χ2n) is 4.49. The van der Waals surface area contributed by atoms with Crippen molar-refractivity contribution in [2.75, 3.05) is 0 Å². The van der Waals surface area contributed by atoms with E-state index in [9.17, 15) is 13.2 Å². The number of aliphatic hydroxyl groups is 1. The third kappa shape index (κ3) is 3.99. The van der Waals surface area contributed by atoms with Gasteiger partial charge in [0, 0.05) is 6.42 Å². The molecule has 90 valence electrons. The van der Waals surface area contributed by atoms with Crippen molar-refractivity contribution >= 4 is 0 Å². The molecule has 0 spiro atoms. The monoisotopic (exact) mass is 226 g/mol. The van der Waals surface area contributed by atoms with Gasteiger partial charge in [0.1, 0.15) is 6.04 Å². The zero-order valence-corrected chi connectivity index (χ0v) is 8.76. The van der Waals surface area contributed by atoms with Crippen molar-refractivity contribution in [3.8, 4) is 0 Å². The van der Waals surface area contributed by atoms with E-state index in [4.69, 9.17) is 5.11 Å². The summed E-state index contributed by atoms with van der Waals surface area (Å²) in [6.45, 7) is 0. The molecule has 2 atom stereocenters. The topological polar surface area (TPSA) is 47.9 Å². The first-order valence-electron chi connectivity index (χ1n) is 5.49. The van der Waals surface area contributed by atoms with Crippen molar-refractivity contribution in [1.82, 2.24) is 0 Å². The van der Waals surface area contributed by atoms with Crippen molar-refractivity contribution in [2.45, 2.75) is 56.8 Å². The molecule has 1 rings (SSSR count). The molecule has 0 saturated heterocycles. The van der Waals surface area contributed by atoms with Gasteiger partial charge in [-0.2, -0.15) is 13.2 Å². The molecule has 2 nitrogen and oxygen atoms in total. The van der Waals surface area contributed by atoms with Crippen LogP contribution in [0.3, 0.4) is 0 Å². The number of rotatable bonds is 3. The molecule has 15 heavy (non-hydrogen) atoms. The molecule has 0 aliphatic heterocycles. The minimum atomic E-state index is -4.53. The fourth-order valence-electron chi connectivity index (χ4n) is 2.25. The van der Waals surface area contributed by atoms with Crippen LogP contribution in [0.25, 0.3) is 0 Å². The lowest BCUT2D eigenvalue weighted by Crippen LogP contribution is -2.69. The van der Waals surface area contributed by atoms with E-state index in [1.807, 2.05) is 0 Å². The molecule has 1 saturated carbocycles. The molecular weight excluding hydrogens is 207 g/mol. The Bertz CT molecular complexity index is 190. The van der Waals surface area contributed by atoms with Gasteiger partial charge in [-0.25, -0.2) is 0 Å². The van der Waals surface area contributed by atoms with E-state index in [-0.39, 0.29) is 0 Å². The molecule has 0 radical (unpaired) electrons. The summed E-state index contributed by atoms with van der Waals surface area (Å²) in [7, 11) is 0. The van der Waals surface area contributed by atoms with Crippen molar-refractivity contribution in [1.29, 1.82) is 0 Å². The van der Waals surface area contributed by atoms with Crippen LogP contribution in [0.4, 0.5) is 13.2 Å². The normalized spacial score (nSPS) is 23.8. The van der Waals surface area contributed by atoms with Crippen molar-refractivity contribution in [2.24, 2.45) is 5.92 Å². The third-order valence-electron chi connectivity index (χ3n) is 3.14. The summed E-state index contributed by atoms with van der Waals surface area (Å²) in [6.07, 6.45) is -1.06. The van der Waals surface area contributed by atoms with Gasteiger partial charge >= 0.3 is 6.18 Å². The largest absolute Gasteiger partial charge is 0.420 e. The molecule has 5 heteroatoms. The Kier molecular flexibility index (Phi) is 4.40. The van der Waals surface area contributed by atoms with E-state index in [0.29, 0.717) is 12.3 Å². The summed E-state index contributed by atoms with van der Waals surface area (Å²) in [6, 6.07) is -0.923. The molecule has 0 unspecified atom stereocenters. The molecule has 4 N–H and O–H groups in total. The summed E-state index contributed by atoms with van der Waals surface area (Å²) in [4.78, 5) is 0. The Morgan fingerprint density at radius 2 is 1.73 bits per heavy atom. The van der Waals surface area contributed by atoms with Crippen molar-refractivity contribution in [3.05, 3.63) is 0 Å². The molecule has 1 aliphatic carbocycles. The third-order valence-corrected chi connectivity index (χ3v) is 3.14. The van der Waals surface area contributed by atoms with E-state index in [1.54, 1.807) is 0 Å². The fourth-order valence-corrected chi connectivity index (χ4v) is 2.25. The number of alkyl halides is 3. The Balaban J connectivity index is 2.36. The van der Waals surface area contributed by atoms with E-state index < -0.39 is 18.3 Å². The minimum Gasteiger partial charge on any atom is -0.379 e. The van der Waals surface area contributed by atoms with Crippen molar-refractivity contribution < 1.29 is 24.0 Å². The number of hydrogen-bond acceptors (Lipinski definition) is 1. The van der Waals surface area contributed by atoms with Crippen LogP contribution in [0.5, 0.6) is 0 Å². The van der Waals surface area contributed by atoms with Gasteiger partial charge in [-0.3, -0.25) is 0 Å². The Hall–Kier alpha value is -0.290. The fraction of sp³-hybridized carbons (Fsp3) is 1.00. The van der Waals surface area contributed by atoms with Crippen LogP contribution in [0.2, 0.25) is 0 Å². The molecule has 1 fully saturated rings. The second kappa shape index (κ2) is 5.16. The highest BCUT2D eigenvalue weighted by atomic mass is 19.4. The second-order valence-corrected chi connectivity index (χ2v) is 4.49. The number of hydrogen-bond donors (Lipinski definition) is 2. The molecule has 1 aliphatic rings. The zero-order valence-electron chi connectivity index (χ0n) is 8.76. The van der Waals surface area contributed by atoms with Crippen LogP contribution in [-0.4, -0.2) is 23.4 Å². The standard InChI is InChI=1S/C10H18F3NO/c11-10(12,13)9(15)8(14)6-7-4-2-1-3-5-7/h7-9,15H,1-6,14H2/p+1/t8-,9-/m0/s1. The first-order chi connectivity index (χ1) is 6.91. The van der Waals surface area contributed by atoms with E-state index in [1.165, 1.54) is 6.42 Å². The summed E-state index contributed by atoms with van der Waals surface area (Å²) >= 11 is 0. The predicted octanol–water partition coefficient (Wildman–Crippen LogP) is 1.49. The lowest BCUT2D eigenvalue weighted by molar-refractivity contribution is -0.459. The first kappa shape index (κ1) is 12.8. The van der Waals surface area contributed by atoms with Gasteiger partial charge in [0.15, 0.2) is 0 Å². The maximum atomic E-state index is 12.2. The van der Waals surface area contributed by atoms with E-state index in [0.717, 1.165) is 25.7 Å². The van der Waals surface area contributed by atoms with E-state index in [2.05, 4.69) is 5.73 Å². The van der Waals surface area contributed by atoms with Gasteiger partial charge in [-0.1, -0.05) is 32.1 Å².